The minimum absolute atomic E-state index is 0.145. The number of nitriles is 1. The van der Waals surface area contributed by atoms with Gasteiger partial charge in [-0.2, -0.15) is 5.26 Å². The Morgan fingerprint density at radius 3 is 2.32 bits per heavy atom. The molecule has 0 bridgehead atoms. The molecule has 0 aromatic rings. The number of carbonyl (C=O) groups excluding carboxylic acids is 1. The highest BCUT2D eigenvalue weighted by Gasteiger charge is 2.49. The van der Waals surface area contributed by atoms with E-state index in [1.807, 2.05) is 13.0 Å². The fraction of sp³-hybridized carbons (Fsp3) is 0.786. The van der Waals surface area contributed by atoms with Gasteiger partial charge < -0.3 is 9.84 Å². The fourth-order valence-electron chi connectivity index (χ4n) is 2.25. The van der Waals surface area contributed by atoms with Gasteiger partial charge in [0.2, 0.25) is 0 Å². The molecule has 0 aliphatic heterocycles. The van der Waals surface area contributed by atoms with Gasteiger partial charge in [0.15, 0.2) is 5.41 Å². The summed E-state index contributed by atoms with van der Waals surface area (Å²) in [6.45, 7) is 5.47. The Labute approximate surface area is 114 Å². The van der Waals surface area contributed by atoms with Gasteiger partial charge in [0.25, 0.3) is 0 Å². The van der Waals surface area contributed by atoms with Crippen LogP contribution in [-0.4, -0.2) is 23.7 Å². The van der Waals surface area contributed by atoms with Gasteiger partial charge >= 0.3 is 11.9 Å². The molecule has 5 heteroatoms. The predicted octanol–water partition coefficient (Wildman–Crippen LogP) is 2.75. The average molecular weight is 269 g/mol. The molecule has 0 saturated carbocycles. The highest BCUT2D eigenvalue weighted by molar-refractivity contribution is 5.87. The number of hydrogen-bond donors (Lipinski definition) is 1. The Bertz CT molecular complexity index is 348. The van der Waals surface area contributed by atoms with Crippen molar-refractivity contribution in [2.24, 2.45) is 11.3 Å². The third kappa shape index (κ3) is 4.23. The monoisotopic (exact) mass is 269 g/mol. The second kappa shape index (κ2) is 8.52. The van der Waals surface area contributed by atoms with E-state index in [2.05, 4.69) is 0 Å². The van der Waals surface area contributed by atoms with Crippen molar-refractivity contribution in [1.82, 2.24) is 0 Å². The van der Waals surface area contributed by atoms with E-state index in [4.69, 9.17) is 4.74 Å². The number of carboxylic acids is 1. The number of ether oxygens (including phenoxy) is 1. The van der Waals surface area contributed by atoms with Crippen molar-refractivity contribution in [1.29, 1.82) is 5.26 Å². The van der Waals surface area contributed by atoms with Crippen LogP contribution in [0, 0.1) is 22.7 Å². The third-order valence-electron chi connectivity index (χ3n) is 3.32. The van der Waals surface area contributed by atoms with Gasteiger partial charge in [-0.25, -0.2) is 0 Å². The highest BCUT2D eigenvalue weighted by atomic mass is 16.5. The first-order chi connectivity index (χ1) is 8.99. The standard InChI is InChI=1S/C14H23NO4/c1-4-7-8-9-14(10-15,13(18)19-6-3)11(5-2)12(16)17/h11H,4-9H2,1-3H3,(H,16,17). The van der Waals surface area contributed by atoms with Crippen molar-refractivity contribution in [3.63, 3.8) is 0 Å². The van der Waals surface area contributed by atoms with E-state index in [0.717, 1.165) is 12.8 Å². The lowest BCUT2D eigenvalue weighted by atomic mass is 9.71. The fourth-order valence-corrected chi connectivity index (χ4v) is 2.25. The Kier molecular flexibility index (Phi) is 7.81. The Balaban J connectivity index is 5.33. The summed E-state index contributed by atoms with van der Waals surface area (Å²) in [6, 6.07) is 1.94. The molecular weight excluding hydrogens is 246 g/mol. The Morgan fingerprint density at radius 2 is 1.95 bits per heavy atom. The molecule has 0 saturated heterocycles. The molecule has 0 fully saturated rings. The first-order valence-corrected chi connectivity index (χ1v) is 6.81. The Hall–Kier alpha value is -1.57. The molecule has 1 N–H and O–H groups in total. The minimum atomic E-state index is -1.56. The summed E-state index contributed by atoms with van der Waals surface area (Å²) in [5.74, 6) is -2.84. The number of hydrogen-bond acceptors (Lipinski definition) is 4. The highest BCUT2D eigenvalue weighted by Crippen LogP contribution is 2.37. The van der Waals surface area contributed by atoms with Crippen LogP contribution in [-0.2, 0) is 14.3 Å². The van der Waals surface area contributed by atoms with Gasteiger partial charge in [-0.1, -0.05) is 33.1 Å². The lowest BCUT2D eigenvalue weighted by molar-refractivity contribution is -0.163. The number of rotatable bonds is 9. The van der Waals surface area contributed by atoms with Gasteiger partial charge in [-0.15, -0.1) is 0 Å². The molecule has 2 unspecified atom stereocenters. The first kappa shape index (κ1) is 17.4. The zero-order valence-corrected chi connectivity index (χ0v) is 11.9. The van der Waals surface area contributed by atoms with E-state index in [9.17, 15) is 20.0 Å². The molecule has 19 heavy (non-hydrogen) atoms. The summed E-state index contributed by atoms with van der Waals surface area (Å²) in [6.07, 6.45) is 2.91. The van der Waals surface area contributed by atoms with Gasteiger partial charge in [-0.3, -0.25) is 9.59 Å². The summed E-state index contributed by atoms with van der Waals surface area (Å²) >= 11 is 0. The van der Waals surface area contributed by atoms with Crippen LogP contribution in [0.15, 0.2) is 0 Å². The molecule has 0 aliphatic carbocycles. The molecule has 0 rings (SSSR count). The Morgan fingerprint density at radius 1 is 1.32 bits per heavy atom. The molecule has 0 aliphatic rings. The lowest BCUT2D eigenvalue weighted by Gasteiger charge is -2.29. The molecule has 0 amide bonds. The van der Waals surface area contributed by atoms with Gasteiger partial charge in [-0.05, 0) is 19.8 Å². The minimum Gasteiger partial charge on any atom is -0.481 e. The number of aliphatic carboxylic acids is 1. The summed E-state index contributed by atoms with van der Waals surface area (Å²) < 4.78 is 4.94. The SMILES string of the molecule is CCCCCC(C#N)(C(=O)OCC)C(CC)C(=O)O. The van der Waals surface area contributed by atoms with Gasteiger partial charge in [0.1, 0.15) is 0 Å². The largest absolute Gasteiger partial charge is 0.481 e. The van der Waals surface area contributed by atoms with Crippen molar-refractivity contribution in [3.8, 4) is 6.07 Å². The smallest absolute Gasteiger partial charge is 0.327 e. The quantitative estimate of drug-likeness (QED) is 0.513. The van der Waals surface area contributed by atoms with Crippen LogP contribution in [0.1, 0.15) is 52.9 Å². The molecule has 0 aromatic carbocycles. The molecule has 5 nitrogen and oxygen atoms in total. The molecule has 2 atom stereocenters. The van der Waals surface area contributed by atoms with E-state index in [1.54, 1.807) is 13.8 Å². The lowest BCUT2D eigenvalue weighted by Crippen LogP contribution is -2.42. The van der Waals surface area contributed by atoms with Crippen LogP contribution in [0.3, 0.4) is 0 Å². The molecule has 108 valence electrons. The number of carboxylic acid groups (broad SMARTS) is 1. The van der Waals surface area contributed by atoms with E-state index < -0.39 is 23.3 Å². The first-order valence-electron chi connectivity index (χ1n) is 6.81. The van der Waals surface area contributed by atoms with Gasteiger partial charge in [0, 0.05) is 0 Å². The normalized spacial score (nSPS) is 15.1. The van der Waals surface area contributed by atoms with Crippen LogP contribution in [0.25, 0.3) is 0 Å². The average Bonchev–Trinajstić information content (AvgIpc) is 2.37. The van der Waals surface area contributed by atoms with E-state index in [0.29, 0.717) is 6.42 Å². The summed E-state index contributed by atoms with van der Waals surface area (Å²) in [7, 11) is 0. The zero-order chi connectivity index (χ0) is 14.9. The van der Waals surface area contributed by atoms with Crippen LogP contribution in [0.2, 0.25) is 0 Å². The summed E-state index contributed by atoms with van der Waals surface area (Å²) in [5, 5.41) is 18.7. The zero-order valence-electron chi connectivity index (χ0n) is 11.9. The summed E-state index contributed by atoms with van der Waals surface area (Å²) in [5.41, 5.74) is -1.56. The van der Waals surface area contributed by atoms with Crippen molar-refractivity contribution in [2.45, 2.75) is 52.9 Å². The van der Waals surface area contributed by atoms with Crippen molar-refractivity contribution in [3.05, 3.63) is 0 Å². The molecule has 0 radical (unpaired) electrons. The molecule has 0 heterocycles. The number of unbranched alkanes of at least 4 members (excludes halogenated alkanes) is 2. The van der Waals surface area contributed by atoms with Crippen LogP contribution in [0.5, 0.6) is 0 Å². The van der Waals surface area contributed by atoms with Crippen molar-refractivity contribution >= 4 is 11.9 Å². The number of esters is 1. The van der Waals surface area contributed by atoms with E-state index >= 15 is 0 Å². The van der Waals surface area contributed by atoms with Crippen molar-refractivity contribution in [2.75, 3.05) is 6.61 Å². The molecule has 0 aromatic heterocycles. The summed E-state index contributed by atoms with van der Waals surface area (Å²) in [4.78, 5) is 23.4. The topological polar surface area (TPSA) is 87.4 Å². The van der Waals surface area contributed by atoms with Crippen LogP contribution < -0.4 is 0 Å². The molecule has 0 spiro atoms. The molecular formula is C14H23NO4. The maximum atomic E-state index is 12.1. The maximum absolute atomic E-state index is 12.1. The van der Waals surface area contributed by atoms with Gasteiger partial charge in [0.05, 0.1) is 18.6 Å². The second-order valence-corrected chi connectivity index (χ2v) is 4.56. The predicted molar refractivity (Wildman–Crippen MR) is 70.2 cm³/mol. The third-order valence-corrected chi connectivity index (χ3v) is 3.32. The van der Waals surface area contributed by atoms with Crippen molar-refractivity contribution < 1.29 is 19.4 Å². The van der Waals surface area contributed by atoms with Crippen LogP contribution in [0.4, 0.5) is 0 Å². The van der Waals surface area contributed by atoms with Crippen LogP contribution >= 0.6 is 0 Å². The van der Waals surface area contributed by atoms with E-state index in [1.165, 1.54) is 0 Å². The number of nitrogens with zero attached hydrogens (tertiary/aromatic N) is 1. The maximum Gasteiger partial charge on any atom is 0.327 e. The second-order valence-electron chi connectivity index (χ2n) is 4.56. The van der Waals surface area contributed by atoms with E-state index in [-0.39, 0.29) is 19.4 Å². The number of carbonyl (C=O) groups is 2.